The van der Waals surface area contributed by atoms with Crippen molar-refractivity contribution >= 4 is 31.2 Å². The molecule has 2 aliphatic heterocycles. The Bertz CT molecular complexity index is 1010. The molecule has 0 saturated carbocycles. The quantitative estimate of drug-likeness (QED) is 0.114. The summed E-state index contributed by atoms with van der Waals surface area (Å²) in [6.07, 6.45) is -18.8. The third kappa shape index (κ3) is 13.0. The van der Waals surface area contributed by atoms with Crippen LogP contribution in [-0.4, -0.2) is 130 Å². The van der Waals surface area contributed by atoms with Crippen molar-refractivity contribution in [2.24, 2.45) is 0 Å². The molecule has 2 fully saturated rings. The minimum atomic E-state index is -5.66. The van der Waals surface area contributed by atoms with Crippen LogP contribution in [0.5, 0.6) is 0 Å². The number of hydrogen-bond donors (Lipinski definition) is 3. The molecule has 0 aromatic heterocycles. The summed E-state index contributed by atoms with van der Waals surface area (Å²) in [5, 5.41) is 29.3. The second-order valence-corrected chi connectivity index (χ2v) is 9.75. The van der Waals surface area contributed by atoms with Crippen LogP contribution in [0, 0.1) is 0 Å². The number of methoxy groups -OCH3 is 1. The van der Waals surface area contributed by atoms with Gasteiger partial charge >= 0.3 is 88.7 Å². The van der Waals surface area contributed by atoms with E-state index in [0.717, 1.165) is 7.11 Å². The molecule has 202 valence electrons. The summed E-state index contributed by atoms with van der Waals surface area (Å²) >= 11 is 0. The van der Waals surface area contributed by atoms with Crippen LogP contribution in [0.4, 0.5) is 0 Å². The van der Waals surface area contributed by atoms with E-state index < -0.39 is 99.7 Å². The molecule has 2 rings (SSSR count). The smallest absolute Gasteiger partial charge is 0.726 e. The van der Waals surface area contributed by atoms with Gasteiger partial charge in [-0.15, -0.1) is 0 Å². The number of hydrogen-bond acceptors (Lipinski definition) is 19. The third-order valence-electron chi connectivity index (χ3n) is 4.44. The van der Waals surface area contributed by atoms with Crippen molar-refractivity contribution in [3.8, 4) is 0 Å². The van der Waals surface area contributed by atoms with Crippen LogP contribution in [0.1, 0.15) is 0 Å². The van der Waals surface area contributed by atoms with Crippen LogP contribution in [0.15, 0.2) is 0 Å². The zero-order chi connectivity index (χ0) is 26.1. The van der Waals surface area contributed by atoms with Crippen molar-refractivity contribution in [1.82, 2.24) is 0 Å². The fourth-order valence-corrected chi connectivity index (χ4v) is 4.59. The van der Waals surface area contributed by atoms with Gasteiger partial charge in [-0.1, -0.05) is 0 Å². The van der Waals surface area contributed by atoms with E-state index in [-0.39, 0.29) is 88.7 Å². The van der Waals surface area contributed by atoms with Gasteiger partial charge in [-0.05, 0) is 0 Å². The summed E-state index contributed by atoms with van der Waals surface area (Å²) in [5.41, 5.74) is 0. The van der Waals surface area contributed by atoms with Gasteiger partial charge in [-0.3, -0.25) is 12.5 Å². The molecular weight excluding hydrogens is 613 g/mol. The summed E-state index contributed by atoms with van der Waals surface area (Å²) in [7, 11) is -15.9. The molecule has 0 aromatic rings. The average molecular weight is 632 g/mol. The van der Waals surface area contributed by atoms with E-state index >= 15 is 0 Å². The standard InChI is InChI=1S/C12H22O19S3.3Na/c1-25-11-10(31-34(22,23)24)8(29-32(16,17)18)5(3-26-11)28-12-9(30-33(19,20)21)7(15)6(14)4(2-13)27-12;;;/h4-15H,2-3H2,1H3,(H,16,17,18)(H,19,20,21)(H,22,23,24);;;/q;3*+1/p-3/t4-,5-,6+,7+,8+,9-,10-,11-,12-;;;/m1.../s1. The maximum atomic E-state index is 11.2. The molecule has 25 heteroatoms. The predicted molar refractivity (Wildman–Crippen MR) is 93.1 cm³/mol. The number of rotatable bonds is 10. The van der Waals surface area contributed by atoms with Gasteiger partial charge in [0.1, 0.15) is 30.5 Å². The molecule has 37 heavy (non-hydrogen) atoms. The topological polar surface area (TPSA) is 297 Å². The van der Waals surface area contributed by atoms with Gasteiger partial charge in [0.15, 0.2) is 24.8 Å². The van der Waals surface area contributed by atoms with Gasteiger partial charge < -0.3 is 47.9 Å². The second kappa shape index (κ2) is 16.8. The van der Waals surface area contributed by atoms with Gasteiger partial charge in [-0.2, -0.15) is 0 Å². The minimum Gasteiger partial charge on any atom is -0.726 e. The molecule has 3 N–H and O–H groups in total. The van der Waals surface area contributed by atoms with Crippen LogP contribution in [0.3, 0.4) is 0 Å². The third-order valence-corrected chi connectivity index (χ3v) is 5.81. The van der Waals surface area contributed by atoms with Gasteiger partial charge in [0.25, 0.3) is 0 Å². The first-order chi connectivity index (χ1) is 15.5. The van der Waals surface area contributed by atoms with Crippen molar-refractivity contribution in [3.05, 3.63) is 0 Å². The Kier molecular flexibility index (Phi) is 18.9. The molecule has 2 aliphatic rings. The molecule has 0 bridgehead atoms. The summed E-state index contributed by atoms with van der Waals surface area (Å²) in [5.74, 6) is 0. The molecule has 2 saturated heterocycles. The van der Waals surface area contributed by atoms with Crippen molar-refractivity contribution < 1.29 is 174 Å². The maximum Gasteiger partial charge on any atom is 1.00 e. The molecular formula is C12H19Na3O19S3. The first-order valence-corrected chi connectivity index (χ1v) is 12.8. The van der Waals surface area contributed by atoms with E-state index in [0.29, 0.717) is 0 Å². The Morgan fingerprint density at radius 3 is 1.68 bits per heavy atom. The fourth-order valence-electron chi connectivity index (χ4n) is 3.13. The van der Waals surface area contributed by atoms with E-state index in [1.165, 1.54) is 0 Å². The SMILES string of the molecule is CO[C@@H]1OC[C@@H](O[C@H]2O[C@H](CO)[C@H](O)[C@H](O)[C@H]2OS(=O)(=O)[O-])[C@H](OS(=O)(=O)[O-])[C@H]1OS(=O)(=O)[O-].[Na+].[Na+].[Na+]. The van der Waals surface area contributed by atoms with Crippen LogP contribution in [0.2, 0.25) is 0 Å². The Morgan fingerprint density at radius 1 is 0.784 bits per heavy atom. The Labute approximate surface area is 278 Å². The summed E-state index contributed by atoms with van der Waals surface area (Å²) in [6.45, 7) is -1.81. The molecule has 0 aliphatic carbocycles. The number of ether oxygens (including phenoxy) is 4. The maximum absolute atomic E-state index is 11.2. The average Bonchev–Trinajstić information content (AvgIpc) is 2.67. The van der Waals surface area contributed by atoms with E-state index in [1.54, 1.807) is 0 Å². The monoisotopic (exact) mass is 632 g/mol. The molecule has 0 spiro atoms. The zero-order valence-corrected chi connectivity index (χ0v) is 28.2. The minimum absolute atomic E-state index is 0. The molecule has 0 aromatic carbocycles. The van der Waals surface area contributed by atoms with Gasteiger partial charge in [0.2, 0.25) is 31.2 Å². The van der Waals surface area contributed by atoms with Crippen LogP contribution < -0.4 is 88.7 Å². The van der Waals surface area contributed by atoms with Crippen molar-refractivity contribution in [2.45, 2.75) is 55.3 Å². The molecule has 19 nitrogen and oxygen atoms in total. The summed E-state index contributed by atoms with van der Waals surface area (Å²) < 4.78 is 133. The largest absolute Gasteiger partial charge is 1.00 e. The summed E-state index contributed by atoms with van der Waals surface area (Å²) in [6, 6.07) is 0. The van der Waals surface area contributed by atoms with Crippen molar-refractivity contribution in [2.75, 3.05) is 20.3 Å². The van der Waals surface area contributed by atoms with Crippen molar-refractivity contribution in [3.63, 3.8) is 0 Å². The van der Waals surface area contributed by atoms with Crippen molar-refractivity contribution in [1.29, 1.82) is 0 Å². The number of aliphatic hydroxyl groups is 3. The Balaban J connectivity index is 0. The summed E-state index contributed by atoms with van der Waals surface area (Å²) in [4.78, 5) is 0. The van der Waals surface area contributed by atoms with Crippen LogP contribution in [0.25, 0.3) is 0 Å². The molecule has 0 radical (unpaired) electrons. The molecule has 0 amide bonds. The van der Waals surface area contributed by atoms with Crippen LogP contribution in [-0.2, 0) is 62.7 Å². The first-order valence-electron chi connectivity index (χ1n) is 8.80. The first kappa shape index (κ1) is 41.5. The molecule has 2 heterocycles. The second-order valence-electron chi connectivity index (χ2n) is 6.73. The zero-order valence-electron chi connectivity index (χ0n) is 19.7. The van der Waals surface area contributed by atoms with Gasteiger partial charge in [-0.25, -0.2) is 25.3 Å². The number of aliphatic hydroxyl groups excluding tert-OH is 3. The fraction of sp³-hybridized carbons (Fsp3) is 1.00. The van der Waals surface area contributed by atoms with E-state index in [9.17, 15) is 54.2 Å². The normalized spacial score (nSPS) is 34.9. The van der Waals surface area contributed by atoms with E-state index in [1.807, 2.05) is 0 Å². The Hall–Kier alpha value is 2.33. The predicted octanol–water partition coefficient (Wildman–Crippen LogP) is -14.6. The molecule has 9 atom stereocenters. The van der Waals surface area contributed by atoms with Gasteiger partial charge in [0.05, 0.1) is 13.2 Å². The van der Waals surface area contributed by atoms with E-state index in [2.05, 4.69) is 12.5 Å². The van der Waals surface area contributed by atoms with Gasteiger partial charge in [0, 0.05) is 7.11 Å². The molecule has 0 unspecified atom stereocenters. The van der Waals surface area contributed by atoms with E-state index in [4.69, 9.17) is 18.9 Å². The van der Waals surface area contributed by atoms with Crippen LogP contribution >= 0.6 is 0 Å². The Morgan fingerprint density at radius 2 is 1.24 bits per heavy atom.